The molecule has 1 N–H and O–H groups in total. The summed E-state index contributed by atoms with van der Waals surface area (Å²) in [5, 5.41) is 3.61. The summed E-state index contributed by atoms with van der Waals surface area (Å²) in [5.41, 5.74) is 0.713. The molecule has 6 heteroatoms. The summed E-state index contributed by atoms with van der Waals surface area (Å²) in [7, 11) is 1.84. The normalized spacial score (nSPS) is 11.2. The van der Waals surface area contributed by atoms with Gasteiger partial charge in [-0.1, -0.05) is 39.0 Å². The van der Waals surface area contributed by atoms with Gasteiger partial charge in [0.05, 0.1) is 6.54 Å². The van der Waals surface area contributed by atoms with E-state index in [9.17, 15) is 4.79 Å². The van der Waals surface area contributed by atoms with Gasteiger partial charge in [-0.3, -0.25) is 4.79 Å². The number of nitrogens with one attached hydrogen (secondary N) is 1. The lowest BCUT2D eigenvalue weighted by atomic mass is 9.96. The summed E-state index contributed by atoms with van der Waals surface area (Å²) in [4.78, 5) is 18.3. The molecule has 0 atom stereocenters. The summed E-state index contributed by atoms with van der Waals surface area (Å²) in [5.74, 6) is 0.731. The minimum Gasteiger partial charge on any atom is -0.341 e. The van der Waals surface area contributed by atoms with Crippen LogP contribution in [-0.4, -0.2) is 28.9 Å². The summed E-state index contributed by atoms with van der Waals surface area (Å²) in [6.45, 7) is 6.45. The smallest absolute Gasteiger partial charge is 0.243 e. The van der Waals surface area contributed by atoms with E-state index in [2.05, 4.69) is 35.4 Å². The Morgan fingerprint density at radius 2 is 1.95 bits per heavy atom. The molecule has 2 aromatic rings. The van der Waals surface area contributed by atoms with E-state index in [0.29, 0.717) is 0 Å². The Morgan fingerprint density at radius 3 is 2.52 bits per heavy atom. The Kier molecular flexibility index (Phi) is 4.57. The van der Waals surface area contributed by atoms with Gasteiger partial charge in [-0.15, -0.1) is 0 Å². The number of aromatic nitrogens is 2. The molecule has 0 saturated carbocycles. The highest BCUT2D eigenvalue weighted by atomic mass is 32.1. The van der Waals surface area contributed by atoms with Gasteiger partial charge in [-0.05, 0) is 12.1 Å². The number of nitrogens with zero attached hydrogens (tertiary/aromatic N) is 3. The van der Waals surface area contributed by atoms with E-state index >= 15 is 0 Å². The van der Waals surface area contributed by atoms with E-state index in [1.807, 2.05) is 42.3 Å². The Morgan fingerprint density at radius 1 is 1.29 bits per heavy atom. The molecular formula is C15H20N4OS. The van der Waals surface area contributed by atoms with E-state index in [4.69, 9.17) is 0 Å². The zero-order valence-electron chi connectivity index (χ0n) is 12.8. The van der Waals surface area contributed by atoms with Gasteiger partial charge < -0.3 is 10.2 Å². The molecule has 1 amide bonds. The first-order chi connectivity index (χ1) is 9.86. The third-order valence-corrected chi connectivity index (χ3v) is 3.68. The first kappa shape index (κ1) is 15.4. The maximum absolute atomic E-state index is 12.0. The molecule has 0 aliphatic heterocycles. The summed E-state index contributed by atoms with van der Waals surface area (Å²) in [6, 6.07) is 9.41. The fourth-order valence-corrected chi connectivity index (χ4v) is 2.49. The highest BCUT2D eigenvalue weighted by Crippen LogP contribution is 2.24. The Hall–Kier alpha value is -1.95. The summed E-state index contributed by atoms with van der Waals surface area (Å²) < 4.78 is 4.36. The highest BCUT2D eigenvalue weighted by molar-refractivity contribution is 7.09. The van der Waals surface area contributed by atoms with Gasteiger partial charge in [0.2, 0.25) is 11.0 Å². The molecule has 112 valence electrons. The topological polar surface area (TPSA) is 58.1 Å². The largest absolute Gasteiger partial charge is 0.341 e. The standard InChI is InChI=1S/C15H20N4OS/c1-15(2,3)13-17-14(21-18-13)19(4)10-12(20)16-11-8-6-5-7-9-11/h5-9H,10H2,1-4H3,(H,16,20). The van der Waals surface area contributed by atoms with Crippen molar-refractivity contribution in [3.05, 3.63) is 36.2 Å². The first-order valence-electron chi connectivity index (χ1n) is 6.76. The second-order valence-corrected chi connectivity index (χ2v) is 6.65. The van der Waals surface area contributed by atoms with Gasteiger partial charge >= 0.3 is 0 Å². The van der Waals surface area contributed by atoms with Crippen LogP contribution in [0.25, 0.3) is 0 Å². The number of carbonyl (C=O) groups is 1. The van der Waals surface area contributed by atoms with E-state index in [1.165, 1.54) is 11.5 Å². The fraction of sp³-hybridized carbons (Fsp3) is 0.400. The van der Waals surface area contributed by atoms with E-state index in [-0.39, 0.29) is 17.9 Å². The van der Waals surface area contributed by atoms with Crippen LogP contribution in [0, 0.1) is 0 Å². The minimum absolute atomic E-state index is 0.0730. The van der Waals surface area contributed by atoms with Crippen molar-refractivity contribution in [1.82, 2.24) is 9.36 Å². The molecule has 0 saturated heterocycles. The van der Waals surface area contributed by atoms with Crippen LogP contribution in [0.2, 0.25) is 0 Å². The predicted molar refractivity (Wildman–Crippen MR) is 87.0 cm³/mol. The molecule has 0 radical (unpaired) electrons. The molecular weight excluding hydrogens is 284 g/mol. The van der Waals surface area contributed by atoms with Crippen molar-refractivity contribution < 1.29 is 4.79 Å². The summed E-state index contributed by atoms with van der Waals surface area (Å²) in [6.07, 6.45) is 0. The van der Waals surface area contributed by atoms with Crippen molar-refractivity contribution in [3.63, 3.8) is 0 Å². The van der Waals surface area contributed by atoms with Gasteiger partial charge in [0.1, 0.15) is 5.82 Å². The van der Waals surface area contributed by atoms with Gasteiger partial charge in [0, 0.05) is 29.7 Å². The fourth-order valence-electron chi connectivity index (χ4n) is 1.68. The molecule has 5 nitrogen and oxygen atoms in total. The SMILES string of the molecule is CN(CC(=O)Nc1ccccc1)c1nc(C(C)(C)C)ns1. The maximum Gasteiger partial charge on any atom is 0.243 e. The quantitative estimate of drug-likeness (QED) is 0.943. The third-order valence-electron chi connectivity index (χ3n) is 2.85. The van der Waals surface area contributed by atoms with Gasteiger partial charge in [0.25, 0.3) is 0 Å². The predicted octanol–water partition coefficient (Wildman–Crippen LogP) is 2.91. The van der Waals surface area contributed by atoms with Gasteiger partial charge in [-0.25, -0.2) is 4.98 Å². The van der Waals surface area contributed by atoms with Crippen LogP contribution in [0.5, 0.6) is 0 Å². The van der Waals surface area contributed by atoms with Gasteiger partial charge in [0.15, 0.2) is 0 Å². The number of hydrogen-bond acceptors (Lipinski definition) is 5. The molecule has 0 unspecified atom stereocenters. The summed E-state index contributed by atoms with van der Waals surface area (Å²) >= 11 is 1.32. The van der Waals surface area contributed by atoms with Crippen molar-refractivity contribution in [3.8, 4) is 0 Å². The van der Waals surface area contributed by atoms with Crippen LogP contribution < -0.4 is 10.2 Å². The van der Waals surface area contributed by atoms with Crippen molar-refractivity contribution in [2.24, 2.45) is 0 Å². The number of anilines is 2. The van der Waals surface area contributed by atoms with Crippen molar-refractivity contribution in [2.75, 3.05) is 23.8 Å². The van der Waals surface area contributed by atoms with E-state index in [0.717, 1.165) is 16.6 Å². The van der Waals surface area contributed by atoms with Crippen LogP contribution in [0.3, 0.4) is 0 Å². The van der Waals surface area contributed by atoms with Crippen LogP contribution in [0.4, 0.5) is 10.8 Å². The Balaban J connectivity index is 1.96. The molecule has 0 spiro atoms. The first-order valence-corrected chi connectivity index (χ1v) is 7.54. The molecule has 0 bridgehead atoms. The monoisotopic (exact) mass is 304 g/mol. The average Bonchev–Trinajstić information content (AvgIpc) is 2.89. The van der Waals surface area contributed by atoms with Crippen molar-refractivity contribution >= 4 is 28.3 Å². The van der Waals surface area contributed by atoms with Crippen molar-refractivity contribution in [2.45, 2.75) is 26.2 Å². The molecule has 1 aromatic heterocycles. The zero-order chi connectivity index (χ0) is 15.5. The number of benzene rings is 1. The number of hydrogen-bond donors (Lipinski definition) is 1. The number of carbonyl (C=O) groups excluding carboxylic acids is 1. The minimum atomic E-state index is -0.0815. The number of rotatable bonds is 4. The highest BCUT2D eigenvalue weighted by Gasteiger charge is 2.21. The lowest BCUT2D eigenvalue weighted by molar-refractivity contribution is -0.114. The lowest BCUT2D eigenvalue weighted by Crippen LogP contribution is -2.30. The average molecular weight is 304 g/mol. The van der Waals surface area contributed by atoms with E-state index in [1.54, 1.807) is 0 Å². The maximum atomic E-state index is 12.0. The zero-order valence-corrected chi connectivity index (χ0v) is 13.6. The number of amides is 1. The van der Waals surface area contributed by atoms with Gasteiger partial charge in [-0.2, -0.15) is 4.37 Å². The molecule has 1 heterocycles. The molecule has 21 heavy (non-hydrogen) atoms. The molecule has 0 aliphatic rings. The van der Waals surface area contributed by atoms with Crippen LogP contribution in [0.1, 0.15) is 26.6 Å². The Labute approximate surface area is 129 Å². The van der Waals surface area contributed by atoms with Crippen LogP contribution >= 0.6 is 11.5 Å². The number of likely N-dealkylation sites (N-methyl/N-ethyl adjacent to an activating group) is 1. The van der Waals surface area contributed by atoms with Crippen molar-refractivity contribution in [1.29, 1.82) is 0 Å². The second kappa shape index (κ2) is 6.22. The number of para-hydroxylation sites is 1. The third kappa shape index (κ3) is 4.26. The molecule has 0 aliphatic carbocycles. The Bertz CT molecular complexity index is 604. The van der Waals surface area contributed by atoms with Crippen LogP contribution in [0.15, 0.2) is 30.3 Å². The molecule has 2 rings (SSSR count). The van der Waals surface area contributed by atoms with E-state index < -0.39 is 0 Å². The second-order valence-electron chi connectivity index (χ2n) is 5.92. The van der Waals surface area contributed by atoms with Crippen LogP contribution in [-0.2, 0) is 10.2 Å². The lowest BCUT2D eigenvalue weighted by Gasteiger charge is -2.16. The molecule has 0 fully saturated rings. The molecule has 1 aromatic carbocycles.